The Bertz CT molecular complexity index is 381. The number of hydrogen-bond donors (Lipinski definition) is 2. The Hall–Kier alpha value is -0.573. The molecule has 0 amide bonds. The predicted molar refractivity (Wildman–Crippen MR) is 54.6 cm³/mol. The number of rotatable bonds is 2. The first-order valence-corrected chi connectivity index (χ1v) is 3.93. The van der Waals surface area contributed by atoms with Crippen LogP contribution in [0.5, 0.6) is 0 Å². The summed E-state index contributed by atoms with van der Waals surface area (Å²) in [5.41, 5.74) is 0.891. The molecule has 0 radical (unpaired) electrons. The molecular weight excluding hydrogens is 340 g/mol. The largest absolute Gasteiger partial charge is 0.478 e. The number of aromatic carboxylic acids is 1. The van der Waals surface area contributed by atoms with Gasteiger partial charge in [0.1, 0.15) is 0 Å². The quantitative estimate of drug-likeness (QED) is 0.624. The summed E-state index contributed by atoms with van der Waals surface area (Å²) in [5, 5.41) is 19.3. The number of carboxylic acid groups (broad SMARTS) is 1. The number of nitro benzene ring substituents is 1. The van der Waals surface area contributed by atoms with Crippen molar-refractivity contribution in [1.29, 1.82) is 0 Å². The molecule has 0 saturated carbocycles. The molecule has 0 aliphatic heterocycles. The minimum Gasteiger partial charge on any atom is -0.478 e. The molecule has 0 spiro atoms. The van der Waals surface area contributed by atoms with Gasteiger partial charge in [-0.25, -0.2) is 4.79 Å². The normalized spacial score (nSPS) is 8.62. The van der Waals surface area contributed by atoms with Crippen LogP contribution in [-0.4, -0.2) is 16.0 Å². The number of carboxylic acids is 1. The number of hydrogen-bond acceptors (Lipinski definition) is 4. The Morgan fingerprint density at radius 1 is 1.31 bits per heavy atom. The smallest absolute Gasteiger partial charge is 0.335 e. The van der Waals surface area contributed by atoms with E-state index in [1.54, 1.807) is 13.8 Å². The van der Waals surface area contributed by atoms with Crippen molar-refractivity contribution >= 4 is 11.7 Å². The molecule has 0 fully saturated rings. The van der Waals surface area contributed by atoms with Crippen LogP contribution in [0.15, 0.2) is 12.1 Å². The predicted octanol–water partition coefficient (Wildman–Crippen LogP) is 2.07. The van der Waals surface area contributed by atoms with Crippen molar-refractivity contribution in [3.8, 4) is 0 Å². The van der Waals surface area contributed by atoms with Crippen LogP contribution in [-0.2, 0) is 0 Å². The molecule has 6 nitrogen and oxygen atoms in total. The topological polar surface area (TPSA) is 115 Å². The van der Waals surface area contributed by atoms with Gasteiger partial charge in [0.2, 0.25) is 0 Å². The SMILES string of the molecule is Cc1c(C(=O)O)ccc([N+](=O)[O-])c1C.N.[Ce]. The van der Waals surface area contributed by atoms with Gasteiger partial charge in [-0.3, -0.25) is 10.1 Å². The van der Waals surface area contributed by atoms with E-state index in [2.05, 4.69) is 0 Å². The number of nitrogens with zero attached hydrogens (tertiary/aromatic N) is 1. The molecular formula is C9H12CeN2O4. The van der Waals surface area contributed by atoms with Gasteiger partial charge in [0.05, 0.1) is 10.5 Å². The van der Waals surface area contributed by atoms with Crippen molar-refractivity contribution in [2.45, 2.75) is 13.8 Å². The van der Waals surface area contributed by atoms with Gasteiger partial charge in [-0.2, -0.15) is 0 Å². The van der Waals surface area contributed by atoms with Gasteiger partial charge in [-0.05, 0) is 25.5 Å². The second-order valence-electron chi connectivity index (χ2n) is 2.94. The third-order valence-electron chi connectivity index (χ3n) is 2.19. The summed E-state index contributed by atoms with van der Waals surface area (Å²) in [6.45, 7) is 3.10. The molecule has 0 saturated heterocycles. The molecule has 0 atom stereocenters. The second kappa shape index (κ2) is 6.89. The second-order valence-corrected chi connectivity index (χ2v) is 2.94. The Balaban J connectivity index is 0. The van der Waals surface area contributed by atoms with Crippen molar-refractivity contribution in [3.63, 3.8) is 0 Å². The Kier molecular flexibility index (Phi) is 7.67. The maximum absolute atomic E-state index is 10.7. The number of benzene rings is 1. The molecule has 1 aromatic carbocycles. The van der Waals surface area contributed by atoms with E-state index in [0.29, 0.717) is 11.1 Å². The molecule has 16 heavy (non-hydrogen) atoms. The van der Waals surface area contributed by atoms with Gasteiger partial charge >= 0.3 is 5.97 Å². The third kappa shape index (κ3) is 3.47. The fourth-order valence-electron chi connectivity index (χ4n) is 1.24. The number of nitro groups is 1. The molecule has 0 bridgehead atoms. The van der Waals surface area contributed by atoms with Gasteiger partial charge in [0.25, 0.3) is 5.69 Å². The van der Waals surface area contributed by atoms with E-state index in [9.17, 15) is 14.9 Å². The molecule has 1 rings (SSSR count). The van der Waals surface area contributed by atoms with Crippen LogP contribution in [0.1, 0.15) is 21.5 Å². The van der Waals surface area contributed by atoms with Crippen molar-refractivity contribution in [2.24, 2.45) is 0 Å². The summed E-state index contributed by atoms with van der Waals surface area (Å²) in [7, 11) is 0. The Morgan fingerprint density at radius 2 is 1.81 bits per heavy atom. The van der Waals surface area contributed by atoms with Crippen molar-refractivity contribution < 1.29 is 56.6 Å². The zero-order valence-corrected chi connectivity index (χ0v) is 12.1. The van der Waals surface area contributed by atoms with E-state index in [4.69, 9.17) is 5.11 Å². The van der Waals surface area contributed by atoms with Crippen LogP contribution >= 0.6 is 0 Å². The van der Waals surface area contributed by atoms with Crippen LogP contribution in [0.4, 0.5) is 5.69 Å². The van der Waals surface area contributed by atoms with Crippen LogP contribution in [0, 0.1) is 65.7 Å². The summed E-state index contributed by atoms with van der Waals surface area (Å²) in [4.78, 5) is 20.7. The molecule has 7 heteroatoms. The molecule has 4 N–H and O–H groups in total. The van der Waals surface area contributed by atoms with E-state index in [1.807, 2.05) is 0 Å². The van der Waals surface area contributed by atoms with E-state index < -0.39 is 10.9 Å². The summed E-state index contributed by atoms with van der Waals surface area (Å²) in [5.74, 6) is -1.07. The van der Waals surface area contributed by atoms with Gasteiger partial charge < -0.3 is 11.3 Å². The van der Waals surface area contributed by atoms with E-state index >= 15 is 0 Å². The van der Waals surface area contributed by atoms with Crippen LogP contribution in [0.2, 0.25) is 0 Å². The summed E-state index contributed by atoms with van der Waals surface area (Å²) in [6, 6.07) is 2.47. The molecule has 0 aliphatic carbocycles. The maximum Gasteiger partial charge on any atom is 0.335 e. The standard InChI is InChI=1S/C9H9NO4.Ce.H3N/c1-5-6(2)8(10(13)14)4-3-7(5)9(11)12;;/h3-4H,1-2H3,(H,11,12);;1H3. The van der Waals surface area contributed by atoms with Crippen LogP contribution in [0.3, 0.4) is 0 Å². The third-order valence-corrected chi connectivity index (χ3v) is 2.19. The monoisotopic (exact) mass is 352 g/mol. The number of carbonyl (C=O) groups is 1. The molecule has 0 aromatic heterocycles. The van der Waals surface area contributed by atoms with Gasteiger partial charge in [0, 0.05) is 53.4 Å². The van der Waals surface area contributed by atoms with Crippen molar-refractivity contribution in [3.05, 3.63) is 38.9 Å². The molecule has 0 aliphatic rings. The van der Waals surface area contributed by atoms with Gasteiger partial charge in [0.15, 0.2) is 0 Å². The average Bonchev–Trinajstić information content (AvgIpc) is 2.08. The maximum atomic E-state index is 10.7. The molecule has 0 heterocycles. The first kappa shape index (κ1) is 17.8. The van der Waals surface area contributed by atoms with E-state index in [-0.39, 0.29) is 59.1 Å². The summed E-state index contributed by atoms with van der Waals surface area (Å²) < 4.78 is 0. The molecule has 1 aromatic rings. The van der Waals surface area contributed by atoms with E-state index in [1.165, 1.54) is 12.1 Å². The average molecular weight is 352 g/mol. The van der Waals surface area contributed by atoms with E-state index in [0.717, 1.165) is 0 Å². The molecule has 86 valence electrons. The minimum atomic E-state index is -1.07. The van der Waals surface area contributed by atoms with Crippen LogP contribution in [0.25, 0.3) is 0 Å². The Morgan fingerprint density at radius 3 is 2.19 bits per heavy atom. The van der Waals surface area contributed by atoms with Crippen LogP contribution < -0.4 is 6.15 Å². The van der Waals surface area contributed by atoms with Crippen molar-refractivity contribution in [1.82, 2.24) is 6.15 Å². The fourth-order valence-corrected chi connectivity index (χ4v) is 1.24. The first-order valence-electron chi connectivity index (χ1n) is 3.93. The zero-order chi connectivity index (χ0) is 10.9. The Labute approximate surface area is 126 Å². The van der Waals surface area contributed by atoms with Gasteiger partial charge in [-0.15, -0.1) is 0 Å². The van der Waals surface area contributed by atoms with Gasteiger partial charge in [-0.1, -0.05) is 0 Å². The van der Waals surface area contributed by atoms with Crippen molar-refractivity contribution in [2.75, 3.05) is 0 Å². The fraction of sp³-hybridized carbons (Fsp3) is 0.222. The molecule has 0 unspecified atom stereocenters. The summed E-state index contributed by atoms with van der Waals surface area (Å²) in [6.07, 6.45) is 0. The minimum absolute atomic E-state index is 0. The first-order chi connectivity index (χ1) is 6.45. The summed E-state index contributed by atoms with van der Waals surface area (Å²) >= 11 is 0. The zero-order valence-electron chi connectivity index (χ0n) is 8.98.